The first-order valence-electron chi connectivity index (χ1n) is 4.34. The highest BCUT2D eigenvalue weighted by atomic mass is 127. The molecule has 1 heterocycles. The summed E-state index contributed by atoms with van der Waals surface area (Å²) in [7, 11) is 0. The lowest BCUT2D eigenvalue weighted by molar-refractivity contribution is -0.0670. The number of aromatic nitrogens is 1. The molecular weight excluding hydrogens is 336 g/mol. The van der Waals surface area contributed by atoms with Crippen molar-refractivity contribution >= 4 is 22.6 Å². The minimum atomic E-state index is -3.18. The van der Waals surface area contributed by atoms with Gasteiger partial charge in [-0.3, -0.25) is 4.98 Å². The zero-order valence-electron chi connectivity index (χ0n) is 8.33. The number of alkyl halides is 4. The highest BCUT2D eigenvalue weighted by molar-refractivity contribution is 14.1. The summed E-state index contributed by atoms with van der Waals surface area (Å²) in [6.45, 7) is 1.73. The Morgan fingerprint density at radius 2 is 2.06 bits per heavy atom. The first-order valence-corrected chi connectivity index (χ1v) is 5.42. The smallest absolute Gasteiger partial charge is 0.304 e. The van der Waals surface area contributed by atoms with Crippen LogP contribution in [0, 0.1) is 0 Å². The minimum Gasteiger partial charge on any atom is -0.453 e. The van der Waals surface area contributed by atoms with Gasteiger partial charge in [-0.2, -0.15) is 4.39 Å². The molecule has 90 valence electrons. The summed E-state index contributed by atoms with van der Waals surface area (Å²) in [4.78, 5) is 3.89. The highest BCUT2D eigenvalue weighted by Crippen LogP contribution is 2.24. The predicted molar refractivity (Wildman–Crippen MR) is 61.3 cm³/mol. The molecule has 0 aliphatic rings. The van der Waals surface area contributed by atoms with Gasteiger partial charge >= 0.3 is 6.43 Å². The van der Waals surface area contributed by atoms with E-state index in [1.165, 1.54) is 12.1 Å². The van der Waals surface area contributed by atoms with Crippen LogP contribution in [0.5, 0.6) is 5.75 Å². The normalized spacial score (nSPS) is 16.9. The molecule has 1 unspecified atom stereocenters. The van der Waals surface area contributed by atoms with Crippen molar-refractivity contribution in [2.75, 3.05) is 0 Å². The Morgan fingerprint density at radius 1 is 1.44 bits per heavy atom. The van der Waals surface area contributed by atoms with E-state index in [4.69, 9.17) is 5.73 Å². The summed E-state index contributed by atoms with van der Waals surface area (Å²) in [5.74, 6) is -0.0581. The molecule has 0 aliphatic carbocycles. The summed E-state index contributed by atoms with van der Waals surface area (Å²) in [5.41, 5.74) is 6.29. The molecule has 16 heavy (non-hydrogen) atoms. The Labute approximate surface area is 104 Å². The molecule has 1 aromatic rings. The van der Waals surface area contributed by atoms with Gasteiger partial charge in [0.2, 0.25) is 0 Å². The van der Waals surface area contributed by atoms with Crippen molar-refractivity contribution in [3.05, 3.63) is 24.0 Å². The Morgan fingerprint density at radius 3 is 2.44 bits per heavy atom. The minimum absolute atomic E-state index is 0.0581. The number of ether oxygens (including phenoxy) is 1. The van der Waals surface area contributed by atoms with Crippen LogP contribution in [0.3, 0.4) is 0 Å². The Balaban J connectivity index is 2.72. The number of hydrogen-bond donors (Lipinski definition) is 1. The number of nitrogens with zero attached hydrogens (tertiary/aromatic N) is 1. The van der Waals surface area contributed by atoms with Crippen molar-refractivity contribution < 1.29 is 17.9 Å². The zero-order valence-corrected chi connectivity index (χ0v) is 10.5. The molecule has 3 nitrogen and oxygen atoms in total. The lowest BCUT2D eigenvalue weighted by Gasteiger charge is -2.16. The van der Waals surface area contributed by atoms with E-state index in [1.54, 1.807) is 6.92 Å². The number of hydrogen-bond acceptors (Lipinski definition) is 3. The number of pyridine rings is 1. The van der Waals surface area contributed by atoms with Gasteiger partial charge in [0, 0.05) is 0 Å². The third kappa shape index (κ3) is 3.78. The van der Waals surface area contributed by atoms with Gasteiger partial charge < -0.3 is 10.5 Å². The third-order valence-corrected chi connectivity index (χ3v) is 2.24. The maximum absolute atomic E-state index is 12.5. The molecule has 0 amide bonds. The van der Waals surface area contributed by atoms with Crippen LogP contribution >= 0.6 is 22.6 Å². The average Bonchev–Trinajstić information content (AvgIpc) is 2.17. The van der Waals surface area contributed by atoms with E-state index in [0.29, 0.717) is 5.69 Å². The predicted octanol–water partition coefficient (Wildman–Crippen LogP) is 2.59. The van der Waals surface area contributed by atoms with E-state index in [1.807, 2.05) is 22.6 Å². The van der Waals surface area contributed by atoms with E-state index in [9.17, 15) is 13.2 Å². The van der Waals surface area contributed by atoms with E-state index >= 15 is 0 Å². The van der Waals surface area contributed by atoms with Crippen LogP contribution in [0.1, 0.15) is 12.6 Å². The SMILES string of the molecule is C[C@@](N)(I)c1ccc(OC(F)C(F)F)cn1. The Kier molecular flexibility index (Phi) is 4.36. The van der Waals surface area contributed by atoms with Crippen molar-refractivity contribution in [1.82, 2.24) is 4.98 Å². The van der Waals surface area contributed by atoms with Crippen molar-refractivity contribution in [2.24, 2.45) is 5.73 Å². The molecule has 1 rings (SSSR count). The van der Waals surface area contributed by atoms with E-state index in [2.05, 4.69) is 9.72 Å². The fourth-order valence-corrected chi connectivity index (χ4v) is 1.24. The largest absolute Gasteiger partial charge is 0.453 e. The van der Waals surface area contributed by atoms with Gasteiger partial charge in [0.25, 0.3) is 6.36 Å². The Hall–Kier alpha value is -0.570. The van der Waals surface area contributed by atoms with Crippen LogP contribution in [0.25, 0.3) is 0 Å². The molecule has 2 N–H and O–H groups in total. The summed E-state index contributed by atoms with van der Waals surface area (Å²) < 4.78 is 39.8. The molecule has 0 bridgehead atoms. The fourth-order valence-electron chi connectivity index (χ4n) is 0.921. The third-order valence-electron chi connectivity index (χ3n) is 1.68. The second-order valence-electron chi connectivity index (χ2n) is 3.26. The maximum Gasteiger partial charge on any atom is 0.304 e. The number of halogens is 4. The molecule has 7 heteroatoms. The molecule has 0 aliphatic heterocycles. The topological polar surface area (TPSA) is 48.1 Å². The standard InChI is InChI=1S/C9H10F3IN2O/c1-9(13,14)6-3-2-5(4-15-6)16-8(12)7(10)11/h2-4,7-8H,14H2,1H3/t8?,9-/m0/s1. The van der Waals surface area contributed by atoms with E-state index in [0.717, 1.165) is 6.20 Å². The van der Waals surface area contributed by atoms with Crippen LogP contribution in [0.4, 0.5) is 13.2 Å². The summed E-state index contributed by atoms with van der Waals surface area (Å²) >= 11 is 1.97. The van der Waals surface area contributed by atoms with Gasteiger partial charge in [0.15, 0.2) is 0 Å². The van der Waals surface area contributed by atoms with Gasteiger partial charge in [-0.25, -0.2) is 8.78 Å². The second-order valence-corrected chi connectivity index (χ2v) is 5.50. The summed E-state index contributed by atoms with van der Waals surface area (Å²) in [6.07, 6.45) is -4.66. The molecule has 0 saturated heterocycles. The molecule has 1 aromatic heterocycles. The highest BCUT2D eigenvalue weighted by Gasteiger charge is 2.22. The van der Waals surface area contributed by atoms with Gasteiger partial charge in [0.1, 0.15) is 9.30 Å². The van der Waals surface area contributed by atoms with Crippen molar-refractivity contribution in [3.8, 4) is 5.75 Å². The summed E-state index contributed by atoms with van der Waals surface area (Å²) in [6, 6.07) is 2.85. The summed E-state index contributed by atoms with van der Waals surface area (Å²) in [5, 5.41) is 0. The van der Waals surface area contributed by atoms with Crippen molar-refractivity contribution in [1.29, 1.82) is 0 Å². The van der Waals surface area contributed by atoms with Gasteiger partial charge in [0.05, 0.1) is 11.9 Å². The monoisotopic (exact) mass is 346 g/mol. The van der Waals surface area contributed by atoms with Crippen molar-refractivity contribution in [2.45, 2.75) is 23.3 Å². The lowest BCUT2D eigenvalue weighted by Crippen LogP contribution is -2.26. The molecular formula is C9H10F3IN2O. The quantitative estimate of drug-likeness (QED) is 0.518. The second kappa shape index (κ2) is 5.17. The first-order chi connectivity index (χ1) is 7.30. The molecule has 0 aromatic carbocycles. The maximum atomic E-state index is 12.5. The fraction of sp³-hybridized carbons (Fsp3) is 0.444. The molecule has 0 spiro atoms. The molecule has 0 fully saturated rings. The zero-order chi connectivity index (χ0) is 12.3. The van der Waals surface area contributed by atoms with Gasteiger partial charge in [-0.1, -0.05) is 22.6 Å². The average molecular weight is 346 g/mol. The lowest BCUT2D eigenvalue weighted by atomic mass is 10.2. The molecule has 0 saturated carbocycles. The molecule has 2 atom stereocenters. The number of rotatable bonds is 4. The van der Waals surface area contributed by atoms with Crippen LogP contribution in [-0.4, -0.2) is 17.8 Å². The van der Waals surface area contributed by atoms with Crippen LogP contribution in [0.2, 0.25) is 0 Å². The van der Waals surface area contributed by atoms with Crippen LogP contribution in [-0.2, 0) is 3.55 Å². The van der Waals surface area contributed by atoms with E-state index < -0.39 is 16.3 Å². The van der Waals surface area contributed by atoms with Gasteiger partial charge in [-0.15, -0.1) is 0 Å². The van der Waals surface area contributed by atoms with Crippen LogP contribution in [0.15, 0.2) is 18.3 Å². The molecule has 0 radical (unpaired) electrons. The van der Waals surface area contributed by atoms with Crippen molar-refractivity contribution in [3.63, 3.8) is 0 Å². The first kappa shape index (κ1) is 13.5. The van der Waals surface area contributed by atoms with E-state index in [-0.39, 0.29) is 5.75 Å². The van der Waals surface area contributed by atoms with Crippen LogP contribution < -0.4 is 10.5 Å². The Bertz CT molecular complexity index is 340. The van der Waals surface area contributed by atoms with Gasteiger partial charge in [-0.05, 0) is 19.1 Å². The number of nitrogens with two attached hydrogens (primary N) is 1.